The molecule has 0 aliphatic rings. The second-order valence-corrected chi connectivity index (χ2v) is 5.98. The molecule has 1 unspecified atom stereocenters. The van der Waals surface area contributed by atoms with Gasteiger partial charge in [-0.3, -0.25) is 5.32 Å². The number of carbonyl (C=O) groups is 1. The van der Waals surface area contributed by atoms with Crippen molar-refractivity contribution in [2.75, 3.05) is 0 Å². The number of halogens is 2. The summed E-state index contributed by atoms with van der Waals surface area (Å²) in [6.45, 7) is 3.02. The Morgan fingerprint density at radius 2 is 2.10 bits per heavy atom. The highest BCUT2D eigenvalue weighted by atomic mass is 32.1. The molecule has 2 rings (SSSR count). The normalized spacial score (nSPS) is 13.9. The maximum Gasteiger partial charge on any atom is 0.328 e. The van der Waals surface area contributed by atoms with Gasteiger partial charge >= 0.3 is 5.97 Å². The molecule has 0 spiro atoms. The maximum atomic E-state index is 14.1. The molecule has 1 aromatic heterocycles. The first-order chi connectivity index (χ1) is 9.84. The highest BCUT2D eigenvalue weighted by Gasteiger charge is 2.37. The van der Waals surface area contributed by atoms with Gasteiger partial charge in [0.2, 0.25) is 0 Å². The first-order valence-electron chi connectivity index (χ1n) is 6.31. The highest BCUT2D eigenvalue weighted by Crippen LogP contribution is 2.27. The van der Waals surface area contributed by atoms with Gasteiger partial charge in [0, 0.05) is 17.0 Å². The second kappa shape index (κ2) is 5.91. The van der Waals surface area contributed by atoms with Gasteiger partial charge in [-0.25, -0.2) is 13.6 Å². The van der Waals surface area contributed by atoms with E-state index >= 15 is 0 Å². The first kappa shape index (κ1) is 15.6. The summed E-state index contributed by atoms with van der Waals surface area (Å²) in [7, 11) is 0. The topological polar surface area (TPSA) is 49.3 Å². The maximum absolute atomic E-state index is 14.1. The van der Waals surface area contributed by atoms with E-state index in [9.17, 15) is 18.7 Å². The van der Waals surface area contributed by atoms with Crippen LogP contribution in [0.2, 0.25) is 0 Å². The summed E-state index contributed by atoms with van der Waals surface area (Å²) in [6.07, 6.45) is 0. The van der Waals surface area contributed by atoms with Gasteiger partial charge in [0.25, 0.3) is 0 Å². The molecule has 0 amide bonds. The predicted octanol–water partition coefficient (Wildman–Crippen LogP) is 3.42. The van der Waals surface area contributed by atoms with Crippen LogP contribution in [0.25, 0.3) is 0 Å². The fourth-order valence-corrected chi connectivity index (χ4v) is 2.64. The van der Waals surface area contributed by atoms with Gasteiger partial charge in [0.1, 0.15) is 17.2 Å². The van der Waals surface area contributed by atoms with E-state index in [1.807, 2.05) is 17.5 Å². The van der Waals surface area contributed by atoms with Gasteiger partial charge in [0.15, 0.2) is 0 Å². The first-order valence-corrected chi connectivity index (χ1v) is 7.19. The highest BCUT2D eigenvalue weighted by molar-refractivity contribution is 7.09. The average molecular weight is 311 g/mol. The molecule has 1 aromatic carbocycles. The number of aliphatic carboxylic acids is 1. The van der Waals surface area contributed by atoms with Crippen LogP contribution in [0.1, 0.15) is 22.9 Å². The summed E-state index contributed by atoms with van der Waals surface area (Å²) in [4.78, 5) is 12.5. The van der Waals surface area contributed by atoms with E-state index in [1.165, 1.54) is 25.2 Å². The van der Waals surface area contributed by atoms with Crippen molar-refractivity contribution in [3.63, 3.8) is 0 Å². The largest absolute Gasteiger partial charge is 0.480 e. The Bertz CT molecular complexity index is 658. The summed E-state index contributed by atoms with van der Waals surface area (Å²) < 4.78 is 27.8. The summed E-state index contributed by atoms with van der Waals surface area (Å²) in [5.74, 6) is -2.63. The van der Waals surface area contributed by atoms with E-state index < -0.39 is 23.1 Å². The third kappa shape index (κ3) is 3.11. The zero-order chi connectivity index (χ0) is 15.6. The fourth-order valence-electron chi connectivity index (χ4n) is 1.99. The molecule has 0 bridgehead atoms. The monoisotopic (exact) mass is 311 g/mol. The molecule has 112 valence electrons. The van der Waals surface area contributed by atoms with E-state index in [2.05, 4.69) is 5.32 Å². The molecular formula is C15H15F2NO2S. The Kier molecular flexibility index (Phi) is 4.39. The zero-order valence-corrected chi connectivity index (χ0v) is 12.4. The quantitative estimate of drug-likeness (QED) is 0.889. The standard InChI is InChI=1S/C15H15F2NO2S/c1-9-6-13(17)11(7-12(9)16)15(2,14(19)20)18-8-10-4-3-5-21-10/h3-7,18H,8H2,1-2H3,(H,19,20). The molecule has 6 heteroatoms. The summed E-state index contributed by atoms with van der Waals surface area (Å²) in [5.41, 5.74) is -1.78. The second-order valence-electron chi connectivity index (χ2n) is 4.94. The molecule has 21 heavy (non-hydrogen) atoms. The van der Waals surface area contributed by atoms with Crippen molar-refractivity contribution in [3.05, 3.63) is 57.3 Å². The average Bonchev–Trinajstić information content (AvgIpc) is 2.93. The molecule has 0 aliphatic heterocycles. The molecule has 2 N–H and O–H groups in total. The van der Waals surface area contributed by atoms with E-state index in [4.69, 9.17) is 0 Å². The zero-order valence-electron chi connectivity index (χ0n) is 11.6. The van der Waals surface area contributed by atoms with Crippen molar-refractivity contribution in [2.45, 2.75) is 25.9 Å². The lowest BCUT2D eigenvalue weighted by molar-refractivity contribution is -0.144. The van der Waals surface area contributed by atoms with Crippen LogP contribution in [0.15, 0.2) is 29.6 Å². The molecule has 0 radical (unpaired) electrons. The summed E-state index contributed by atoms with van der Waals surface area (Å²) in [6, 6.07) is 5.64. The van der Waals surface area contributed by atoms with Gasteiger partial charge in [0.05, 0.1) is 0 Å². The summed E-state index contributed by atoms with van der Waals surface area (Å²) >= 11 is 1.46. The molecule has 1 heterocycles. The van der Waals surface area contributed by atoms with Crippen molar-refractivity contribution in [3.8, 4) is 0 Å². The molecule has 0 saturated carbocycles. The molecular weight excluding hydrogens is 296 g/mol. The Morgan fingerprint density at radius 1 is 1.38 bits per heavy atom. The van der Waals surface area contributed by atoms with Crippen molar-refractivity contribution in [1.82, 2.24) is 5.32 Å². The van der Waals surface area contributed by atoms with Gasteiger partial charge in [-0.2, -0.15) is 0 Å². The third-order valence-corrected chi connectivity index (χ3v) is 4.29. The Morgan fingerprint density at radius 3 is 2.67 bits per heavy atom. The minimum atomic E-state index is -1.71. The molecule has 2 aromatic rings. The van der Waals surface area contributed by atoms with Crippen molar-refractivity contribution in [2.24, 2.45) is 0 Å². The lowest BCUT2D eigenvalue weighted by Gasteiger charge is -2.27. The van der Waals surface area contributed by atoms with Crippen LogP contribution in [0, 0.1) is 18.6 Å². The lowest BCUT2D eigenvalue weighted by Crippen LogP contribution is -2.47. The van der Waals surface area contributed by atoms with Crippen molar-refractivity contribution >= 4 is 17.3 Å². The van der Waals surface area contributed by atoms with Crippen molar-refractivity contribution < 1.29 is 18.7 Å². The van der Waals surface area contributed by atoms with Gasteiger partial charge in [-0.05, 0) is 43.0 Å². The number of carboxylic acid groups (broad SMARTS) is 1. The number of aryl methyl sites for hydroxylation is 1. The molecule has 1 atom stereocenters. The number of hydrogen-bond acceptors (Lipinski definition) is 3. The molecule has 3 nitrogen and oxygen atoms in total. The number of hydrogen-bond donors (Lipinski definition) is 2. The number of benzene rings is 1. The van der Waals surface area contributed by atoms with Gasteiger partial charge in [-0.1, -0.05) is 6.07 Å². The number of carboxylic acids is 1. The van der Waals surface area contributed by atoms with Crippen LogP contribution in [0.4, 0.5) is 8.78 Å². The predicted molar refractivity (Wildman–Crippen MR) is 77.2 cm³/mol. The SMILES string of the molecule is Cc1cc(F)c(C(C)(NCc2cccs2)C(=O)O)cc1F. The third-order valence-electron chi connectivity index (χ3n) is 3.41. The van der Waals surface area contributed by atoms with E-state index in [0.717, 1.165) is 17.0 Å². The minimum absolute atomic E-state index is 0.141. The number of nitrogens with one attached hydrogen (secondary N) is 1. The van der Waals surface area contributed by atoms with E-state index in [-0.39, 0.29) is 17.7 Å². The molecule has 0 fully saturated rings. The van der Waals surface area contributed by atoms with Crippen LogP contribution < -0.4 is 5.32 Å². The Labute approximate surface area is 125 Å². The van der Waals surface area contributed by atoms with Crippen LogP contribution in [0.3, 0.4) is 0 Å². The van der Waals surface area contributed by atoms with Crippen LogP contribution in [0.5, 0.6) is 0 Å². The van der Waals surface area contributed by atoms with Crippen molar-refractivity contribution in [1.29, 1.82) is 0 Å². The van der Waals surface area contributed by atoms with E-state index in [1.54, 1.807) is 0 Å². The molecule has 0 saturated heterocycles. The number of thiophene rings is 1. The minimum Gasteiger partial charge on any atom is -0.480 e. The molecule has 0 aliphatic carbocycles. The van der Waals surface area contributed by atoms with Crippen LogP contribution >= 0.6 is 11.3 Å². The van der Waals surface area contributed by atoms with Crippen LogP contribution in [-0.2, 0) is 16.9 Å². The lowest BCUT2D eigenvalue weighted by atomic mass is 9.90. The number of rotatable bonds is 5. The van der Waals surface area contributed by atoms with Crippen LogP contribution in [-0.4, -0.2) is 11.1 Å². The smallest absolute Gasteiger partial charge is 0.328 e. The van der Waals surface area contributed by atoms with Gasteiger partial charge in [-0.15, -0.1) is 11.3 Å². The Hall–Kier alpha value is -1.79. The van der Waals surface area contributed by atoms with Gasteiger partial charge < -0.3 is 5.11 Å². The fraction of sp³-hybridized carbons (Fsp3) is 0.267. The Balaban J connectivity index is 2.37. The summed E-state index contributed by atoms with van der Waals surface area (Å²) in [5, 5.41) is 14.1. The van der Waals surface area contributed by atoms with E-state index in [0.29, 0.717) is 0 Å².